The number of aliphatic carboxylic acids is 1. The third-order valence-corrected chi connectivity index (χ3v) is 5.76. The second-order valence-corrected chi connectivity index (χ2v) is 7.35. The number of likely N-dealkylation sites (tertiary alicyclic amines) is 1. The topological polar surface area (TPSA) is 66.8 Å². The van der Waals surface area contributed by atoms with E-state index in [0.717, 1.165) is 10.0 Å². The van der Waals surface area contributed by atoms with Gasteiger partial charge in [0.2, 0.25) is 5.91 Å². The van der Waals surface area contributed by atoms with E-state index in [-0.39, 0.29) is 11.9 Å². The second kappa shape index (κ2) is 4.92. The van der Waals surface area contributed by atoms with E-state index in [1.807, 2.05) is 37.3 Å². The Morgan fingerprint density at radius 1 is 1.43 bits per heavy atom. The molecule has 0 aliphatic carbocycles. The van der Waals surface area contributed by atoms with Gasteiger partial charge in [-0.15, -0.1) is 0 Å². The predicted molar refractivity (Wildman–Crippen MR) is 85.6 cm³/mol. The molecule has 3 aliphatic heterocycles. The lowest BCUT2D eigenvalue weighted by Crippen LogP contribution is -2.39. The molecule has 3 heterocycles. The van der Waals surface area contributed by atoms with Gasteiger partial charge in [0, 0.05) is 4.47 Å². The van der Waals surface area contributed by atoms with Gasteiger partial charge in [0.15, 0.2) is 0 Å². The van der Waals surface area contributed by atoms with Crippen LogP contribution in [0.2, 0.25) is 0 Å². The summed E-state index contributed by atoms with van der Waals surface area (Å²) in [5, 5.41) is 9.48. The number of halogens is 1. The molecule has 120 valence electrons. The molecule has 23 heavy (non-hydrogen) atoms. The van der Waals surface area contributed by atoms with E-state index < -0.39 is 29.5 Å². The summed E-state index contributed by atoms with van der Waals surface area (Å²) in [5.74, 6) is -2.49. The SMILES string of the molecule is C[C@H](c1ccc(Br)cc1)N1C[C@@]23C=C[C@H](O2)[C@H](C(=O)O)[C@H]3C1=O. The number of rotatable bonds is 3. The summed E-state index contributed by atoms with van der Waals surface area (Å²) in [6, 6.07) is 7.69. The average molecular weight is 378 g/mol. The molecule has 0 radical (unpaired) electrons. The Balaban J connectivity index is 1.66. The maximum Gasteiger partial charge on any atom is 0.310 e. The third-order valence-electron chi connectivity index (χ3n) is 5.23. The van der Waals surface area contributed by atoms with Crippen molar-refractivity contribution in [1.29, 1.82) is 0 Å². The highest BCUT2D eigenvalue weighted by atomic mass is 79.9. The monoisotopic (exact) mass is 377 g/mol. The zero-order valence-corrected chi connectivity index (χ0v) is 14.1. The number of amides is 1. The van der Waals surface area contributed by atoms with Crippen LogP contribution in [0, 0.1) is 11.8 Å². The number of hydrogen-bond acceptors (Lipinski definition) is 3. The molecule has 0 saturated carbocycles. The maximum atomic E-state index is 12.9. The fourth-order valence-electron chi connectivity index (χ4n) is 4.06. The van der Waals surface area contributed by atoms with Crippen molar-refractivity contribution in [1.82, 2.24) is 4.90 Å². The Labute approximate surface area is 142 Å². The first kappa shape index (κ1) is 14.9. The summed E-state index contributed by atoms with van der Waals surface area (Å²) >= 11 is 3.40. The van der Waals surface area contributed by atoms with Crippen molar-refractivity contribution < 1.29 is 19.4 Å². The molecule has 0 aromatic heterocycles. The van der Waals surface area contributed by atoms with Crippen molar-refractivity contribution in [2.24, 2.45) is 11.8 Å². The fraction of sp³-hybridized carbons (Fsp3) is 0.412. The molecular formula is C17H16BrNO4. The van der Waals surface area contributed by atoms with Gasteiger partial charge in [-0.2, -0.15) is 0 Å². The maximum absolute atomic E-state index is 12.9. The Hall–Kier alpha value is -1.66. The number of benzene rings is 1. The van der Waals surface area contributed by atoms with Gasteiger partial charge < -0.3 is 14.7 Å². The van der Waals surface area contributed by atoms with Crippen LogP contribution in [-0.4, -0.2) is 40.1 Å². The van der Waals surface area contributed by atoms with Crippen LogP contribution in [0.15, 0.2) is 40.9 Å². The Morgan fingerprint density at radius 2 is 2.13 bits per heavy atom. The lowest BCUT2D eigenvalue weighted by Gasteiger charge is -2.27. The van der Waals surface area contributed by atoms with E-state index in [9.17, 15) is 14.7 Å². The molecule has 1 aromatic rings. The predicted octanol–water partition coefficient (Wildman–Crippen LogP) is 2.38. The van der Waals surface area contributed by atoms with Crippen LogP contribution in [-0.2, 0) is 14.3 Å². The summed E-state index contributed by atoms with van der Waals surface area (Å²) in [5.41, 5.74) is 0.248. The molecule has 1 N–H and O–H groups in total. The Bertz CT molecular complexity index is 716. The highest BCUT2D eigenvalue weighted by Gasteiger charge is 2.67. The molecule has 2 fully saturated rings. The number of hydrogen-bond donors (Lipinski definition) is 1. The van der Waals surface area contributed by atoms with Crippen molar-refractivity contribution >= 4 is 27.8 Å². The molecule has 2 saturated heterocycles. The highest BCUT2D eigenvalue weighted by molar-refractivity contribution is 9.10. The summed E-state index contributed by atoms with van der Waals surface area (Å²) < 4.78 is 6.88. The molecule has 2 bridgehead atoms. The van der Waals surface area contributed by atoms with Crippen LogP contribution in [0.3, 0.4) is 0 Å². The molecule has 3 aliphatic rings. The number of carbonyl (C=O) groups is 2. The van der Waals surface area contributed by atoms with Gasteiger partial charge in [0.1, 0.15) is 11.5 Å². The zero-order valence-electron chi connectivity index (χ0n) is 12.5. The van der Waals surface area contributed by atoms with Crippen molar-refractivity contribution in [2.75, 3.05) is 6.54 Å². The van der Waals surface area contributed by atoms with Gasteiger partial charge in [0.25, 0.3) is 0 Å². The number of carbonyl (C=O) groups excluding carboxylic acids is 1. The first-order chi connectivity index (χ1) is 10.9. The van der Waals surface area contributed by atoms with E-state index in [2.05, 4.69) is 15.9 Å². The largest absolute Gasteiger partial charge is 0.481 e. The minimum atomic E-state index is -0.960. The van der Waals surface area contributed by atoms with Crippen molar-refractivity contribution in [3.05, 3.63) is 46.5 Å². The van der Waals surface area contributed by atoms with Crippen molar-refractivity contribution in [2.45, 2.75) is 24.7 Å². The summed E-state index contributed by atoms with van der Waals surface area (Å²) in [6.45, 7) is 2.37. The summed E-state index contributed by atoms with van der Waals surface area (Å²) in [4.78, 5) is 26.2. The average Bonchev–Trinajstić information content (AvgIpc) is 3.15. The standard InChI is InChI=1S/C17H16BrNO4/c1-9(10-2-4-11(18)5-3-10)19-8-17-7-6-12(23-17)13(16(21)22)14(17)15(19)20/h2-7,9,12-14H,8H2,1H3,(H,21,22)/t9-,12+,13+,14+,17-/m1/s1. The smallest absolute Gasteiger partial charge is 0.310 e. The van der Waals surface area contributed by atoms with Gasteiger partial charge in [-0.3, -0.25) is 9.59 Å². The van der Waals surface area contributed by atoms with Crippen LogP contribution in [0.4, 0.5) is 0 Å². The lowest BCUT2D eigenvalue weighted by atomic mass is 9.77. The van der Waals surface area contributed by atoms with Crippen molar-refractivity contribution in [3.63, 3.8) is 0 Å². The minimum Gasteiger partial charge on any atom is -0.481 e. The number of nitrogens with zero attached hydrogens (tertiary/aromatic N) is 1. The number of ether oxygens (including phenoxy) is 1. The van der Waals surface area contributed by atoms with E-state index in [1.54, 1.807) is 11.0 Å². The normalized spacial score (nSPS) is 35.7. The molecular weight excluding hydrogens is 362 g/mol. The molecule has 4 rings (SSSR count). The molecule has 1 spiro atoms. The molecule has 1 aromatic carbocycles. The molecule has 0 unspecified atom stereocenters. The van der Waals surface area contributed by atoms with Crippen LogP contribution in [0.1, 0.15) is 18.5 Å². The number of carboxylic acids is 1. The van der Waals surface area contributed by atoms with Crippen LogP contribution >= 0.6 is 15.9 Å². The zero-order chi connectivity index (χ0) is 16.4. The third kappa shape index (κ3) is 2.01. The summed E-state index contributed by atoms with van der Waals surface area (Å²) in [6.07, 6.45) is 3.19. The van der Waals surface area contributed by atoms with Crippen LogP contribution in [0.5, 0.6) is 0 Å². The van der Waals surface area contributed by atoms with Gasteiger partial charge >= 0.3 is 5.97 Å². The molecule has 5 atom stereocenters. The Kier molecular flexibility index (Phi) is 3.19. The number of fused-ring (bicyclic) bond motifs is 1. The van der Waals surface area contributed by atoms with E-state index in [1.165, 1.54) is 0 Å². The number of carboxylic acid groups (broad SMARTS) is 1. The van der Waals surface area contributed by atoms with E-state index in [0.29, 0.717) is 6.54 Å². The van der Waals surface area contributed by atoms with Gasteiger partial charge in [0.05, 0.1) is 24.6 Å². The van der Waals surface area contributed by atoms with Gasteiger partial charge in [-0.05, 0) is 24.6 Å². The second-order valence-electron chi connectivity index (χ2n) is 6.43. The fourth-order valence-corrected chi connectivity index (χ4v) is 4.32. The van der Waals surface area contributed by atoms with Crippen LogP contribution in [0.25, 0.3) is 0 Å². The van der Waals surface area contributed by atoms with Gasteiger partial charge in [-0.1, -0.05) is 40.2 Å². The first-order valence-electron chi connectivity index (χ1n) is 7.59. The lowest BCUT2D eigenvalue weighted by molar-refractivity contribution is -0.148. The van der Waals surface area contributed by atoms with E-state index >= 15 is 0 Å². The molecule has 5 nitrogen and oxygen atoms in total. The highest BCUT2D eigenvalue weighted by Crippen LogP contribution is 2.53. The summed E-state index contributed by atoms with van der Waals surface area (Å²) in [7, 11) is 0. The first-order valence-corrected chi connectivity index (χ1v) is 8.38. The Morgan fingerprint density at radius 3 is 2.78 bits per heavy atom. The quantitative estimate of drug-likeness (QED) is 0.821. The van der Waals surface area contributed by atoms with Gasteiger partial charge in [-0.25, -0.2) is 0 Å². The van der Waals surface area contributed by atoms with E-state index in [4.69, 9.17) is 4.74 Å². The molecule has 6 heteroatoms. The minimum absolute atomic E-state index is 0.124. The van der Waals surface area contributed by atoms with Crippen LogP contribution < -0.4 is 0 Å². The van der Waals surface area contributed by atoms with Crippen molar-refractivity contribution in [3.8, 4) is 0 Å². The molecule has 1 amide bonds.